The van der Waals surface area contributed by atoms with E-state index in [4.69, 9.17) is 21.1 Å². The fraction of sp³-hybridized carbons (Fsp3) is 0.217. The summed E-state index contributed by atoms with van der Waals surface area (Å²) in [5, 5.41) is 4.73. The summed E-state index contributed by atoms with van der Waals surface area (Å²) in [4.78, 5) is 27.3. The Morgan fingerprint density at radius 1 is 1.25 bits per heavy atom. The van der Waals surface area contributed by atoms with Gasteiger partial charge in [-0.3, -0.25) is 4.98 Å². The van der Waals surface area contributed by atoms with Gasteiger partial charge >= 0.3 is 5.97 Å². The average Bonchev–Trinajstić information content (AvgIpc) is 3.15. The lowest BCUT2D eigenvalue weighted by Crippen LogP contribution is -2.12. The Hall–Kier alpha value is -3.23. The topological polar surface area (TPSA) is 86.2 Å². The Bertz CT molecular complexity index is 1280. The molecule has 0 saturated heterocycles. The third-order valence-corrected chi connectivity index (χ3v) is 6.38. The zero-order valence-corrected chi connectivity index (χ0v) is 19.4. The van der Waals surface area contributed by atoms with Crippen molar-refractivity contribution in [1.29, 1.82) is 0 Å². The summed E-state index contributed by atoms with van der Waals surface area (Å²) in [6.45, 7) is 4.47. The largest absolute Gasteiger partial charge is 0.495 e. The van der Waals surface area contributed by atoms with E-state index in [-0.39, 0.29) is 12.4 Å². The number of nitrogens with one attached hydrogen (secondary N) is 1. The molecular weight excluding hydrogens is 448 g/mol. The summed E-state index contributed by atoms with van der Waals surface area (Å²) in [6.07, 6.45) is 3.54. The van der Waals surface area contributed by atoms with Crippen molar-refractivity contribution < 1.29 is 14.3 Å². The summed E-state index contributed by atoms with van der Waals surface area (Å²) in [6, 6.07) is 9.46. The Labute approximate surface area is 194 Å². The van der Waals surface area contributed by atoms with E-state index >= 15 is 0 Å². The average molecular weight is 469 g/mol. The lowest BCUT2D eigenvalue weighted by molar-refractivity contribution is 0.0512. The number of nitrogens with zero attached hydrogens (tertiary/aromatic N) is 3. The van der Waals surface area contributed by atoms with Crippen LogP contribution < -0.4 is 10.1 Å². The first kappa shape index (κ1) is 22.0. The predicted octanol–water partition coefficient (Wildman–Crippen LogP) is 5.51. The molecule has 0 spiro atoms. The van der Waals surface area contributed by atoms with Crippen molar-refractivity contribution in [3.8, 4) is 16.2 Å². The highest BCUT2D eigenvalue weighted by atomic mass is 35.5. The first-order valence-electron chi connectivity index (χ1n) is 9.96. The maximum absolute atomic E-state index is 12.4. The van der Waals surface area contributed by atoms with Crippen molar-refractivity contribution >= 4 is 44.9 Å². The molecule has 164 valence electrons. The first-order valence-corrected chi connectivity index (χ1v) is 11.2. The standard InChI is InChI=1S/C23H21ClN4O3S/c1-4-31-23(29)21-27-20(26-11-14-7-8-17(30-3)16(24)10-14)18-13(2)19(32-22(18)28-21)15-6-5-9-25-12-15/h5-10,12H,4,11H2,1-3H3,(H,26,27,28). The maximum atomic E-state index is 12.4. The van der Waals surface area contributed by atoms with Crippen molar-refractivity contribution in [3.05, 3.63) is 64.7 Å². The molecule has 3 heterocycles. The number of methoxy groups -OCH3 is 1. The van der Waals surface area contributed by atoms with Crippen LogP contribution in [0.25, 0.3) is 20.7 Å². The molecule has 4 aromatic rings. The molecule has 0 saturated carbocycles. The van der Waals surface area contributed by atoms with Crippen LogP contribution in [0.5, 0.6) is 5.75 Å². The summed E-state index contributed by atoms with van der Waals surface area (Å²) in [5.41, 5.74) is 2.95. The molecule has 0 bridgehead atoms. The zero-order valence-electron chi connectivity index (χ0n) is 17.8. The highest BCUT2D eigenvalue weighted by Crippen LogP contribution is 2.40. The summed E-state index contributed by atoms with van der Waals surface area (Å²) < 4.78 is 10.3. The molecule has 3 aromatic heterocycles. The number of ether oxygens (including phenoxy) is 2. The number of thiophene rings is 1. The number of carbonyl (C=O) groups is 1. The number of fused-ring (bicyclic) bond motifs is 1. The van der Waals surface area contributed by atoms with Crippen molar-refractivity contribution in [2.24, 2.45) is 0 Å². The van der Waals surface area contributed by atoms with Crippen molar-refractivity contribution in [2.45, 2.75) is 20.4 Å². The van der Waals surface area contributed by atoms with E-state index in [0.29, 0.717) is 28.0 Å². The smallest absolute Gasteiger partial charge is 0.376 e. The Kier molecular flexibility index (Phi) is 6.53. The van der Waals surface area contributed by atoms with Crippen LogP contribution in [0.2, 0.25) is 5.02 Å². The minimum atomic E-state index is -0.557. The third-order valence-electron chi connectivity index (χ3n) is 4.85. The van der Waals surface area contributed by atoms with E-state index in [1.807, 2.05) is 43.5 Å². The molecule has 0 aliphatic carbocycles. The van der Waals surface area contributed by atoms with Gasteiger partial charge in [-0.1, -0.05) is 23.7 Å². The molecule has 4 rings (SSSR count). The summed E-state index contributed by atoms with van der Waals surface area (Å²) >= 11 is 7.75. The molecule has 0 unspecified atom stereocenters. The number of pyridine rings is 1. The minimum Gasteiger partial charge on any atom is -0.495 e. The van der Waals surface area contributed by atoms with Crippen molar-refractivity contribution in [1.82, 2.24) is 15.0 Å². The van der Waals surface area contributed by atoms with E-state index in [9.17, 15) is 4.79 Å². The van der Waals surface area contributed by atoms with E-state index < -0.39 is 5.97 Å². The molecule has 0 aliphatic heterocycles. The lowest BCUT2D eigenvalue weighted by Gasteiger charge is -2.11. The highest BCUT2D eigenvalue weighted by molar-refractivity contribution is 7.22. The Balaban J connectivity index is 1.77. The van der Waals surface area contributed by atoms with Gasteiger partial charge in [-0.25, -0.2) is 14.8 Å². The zero-order chi connectivity index (χ0) is 22.7. The molecule has 0 atom stereocenters. The minimum absolute atomic E-state index is 0.0219. The lowest BCUT2D eigenvalue weighted by atomic mass is 10.1. The second-order valence-electron chi connectivity index (χ2n) is 6.92. The molecule has 9 heteroatoms. The molecule has 0 fully saturated rings. The van der Waals surface area contributed by atoms with Gasteiger partial charge in [0.1, 0.15) is 16.4 Å². The van der Waals surface area contributed by atoms with Crippen LogP contribution in [0.3, 0.4) is 0 Å². The quantitative estimate of drug-likeness (QED) is 0.358. The fourth-order valence-electron chi connectivity index (χ4n) is 3.33. The van der Waals surface area contributed by atoms with Crippen molar-refractivity contribution in [2.75, 3.05) is 19.0 Å². The number of anilines is 1. The first-order chi connectivity index (χ1) is 15.5. The van der Waals surface area contributed by atoms with Crippen molar-refractivity contribution in [3.63, 3.8) is 0 Å². The Morgan fingerprint density at radius 2 is 2.09 bits per heavy atom. The summed E-state index contributed by atoms with van der Waals surface area (Å²) in [7, 11) is 1.58. The number of hydrogen-bond donors (Lipinski definition) is 1. The van der Waals surface area contributed by atoms with Gasteiger partial charge in [0.15, 0.2) is 0 Å². The van der Waals surface area contributed by atoms with Gasteiger partial charge in [-0.15, -0.1) is 11.3 Å². The number of carbonyl (C=O) groups excluding carboxylic acids is 1. The number of halogens is 1. The van der Waals surface area contributed by atoms with E-state index in [2.05, 4.69) is 20.3 Å². The predicted molar refractivity (Wildman–Crippen MR) is 127 cm³/mol. The normalized spacial score (nSPS) is 10.9. The number of aryl methyl sites for hydroxylation is 1. The maximum Gasteiger partial charge on any atom is 0.376 e. The van der Waals surface area contributed by atoms with Gasteiger partial charge < -0.3 is 14.8 Å². The molecule has 7 nitrogen and oxygen atoms in total. The summed E-state index contributed by atoms with van der Waals surface area (Å²) in [5.74, 6) is 0.639. The third kappa shape index (κ3) is 4.37. The molecule has 0 aliphatic rings. The molecular formula is C23H21ClN4O3S. The molecule has 1 aromatic carbocycles. The molecule has 1 N–H and O–H groups in total. The van der Waals surface area contributed by atoms with Crippen LogP contribution in [0.15, 0.2) is 42.7 Å². The van der Waals surface area contributed by atoms with Gasteiger partial charge in [-0.05, 0) is 43.2 Å². The number of rotatable bonds is 7. The number of esters is 1. The van der Waals surface area contributed by atoms with Gasteiger partial charge in [-0.2, -0.15) is 0 Å². The van der Waals surface area contributed by atoms with Gasteiger partial charge in [0.2, 0.25) is 5.82 Å². The van der Waals surface area contributed by atoms with Crippen LogP contribution in [0.1, 0.15) is 28.7 Å². The van der Waals surface area contributed by atoms with Crippen LogP contribution in [-0.4, -0.2) is 34.6 Å². The number of aromatic nitrogens is 3. The monoisotopic (exact) mass is 468 g/mol. The van der Waals surface area contributed by atoms with Crippen LogP contribution >= 0.6 is 22.9 Å². The van der Waals surface area contributed by atoms with Crippen LogP contribution in [-0.2, 0) is 11.3 Å². The Morgan fingerprint density at radius 3 is 2.78 bits per heavy atom. The van der Waals surface area contributed by atoms with Crippen LogP contribution in [0, 0.1) is 6.92 Å². The second-order valence-corrected chi connectivity index (χ2v) is 8.32. The fourth-order valence-corrected chi connectivity index (χ4v) is 4.78. The highest BCUT2D eigenvalue weighted by Gasteiger charge is 2.21. The van der Waals surface area contributed by atoms with E-state index in [1.165, 1.54) is 11.3 Å². The van der Waals surface area contributed by atoms with Gasteiger partial charge in [0.05, 0.1) is 24.1 Å². The van der Waals surface area contributed by atoms with E-state index in [1.54, 1.807) is 20.2 Å². The number of hydrogen-bond acceptors (Lipinski definition) is 8. The molecule has 32 heavy (non-hydrogen) atoms. The molecule has 0 amide bonds. The SMILES string of the molecule is CCOC(=O)c1nc(NCc2ccc(OC)c(Cl)c2)c2c(C)c(-c3cccnc3)sc2n1. The molecule has 0 radical (unpaired) electrons. The second kappa shape index (κ2) is 9.50. The van der Waals surface area contributed by atoms with Gasteiger partial charge in [0, 0.05) is 29.4 Å². The number of benzene rings is 1. The van der Waals surface area contributed by atoms with Crippen LogP contribution in [0.4, 0.5) is 5.82 Å². The van der Waals surface area contributed by atoms with E-state index in [0.717, 1.165) is 27.0 Å². The van der Waals surface area contributed by atoms with Gasteiger partial charge in [0.25, 0.3) is 0 Å².